The van der Waals surface area contributed by atoms with Gasteiger partial charge in [-0.15, -0.1) is 0 Å². The number of nitrogens with one attached hydrogen (secondary N) is 3. The average molecular weight is 367 g/mol. The Balaban J connectivity index is 1.79. The van der Waals surface area contributed by atoms with Crippen molar-refractivity contribution >= 4 is 23.2 Å². The standard InChI is InChI=1S/C20H18FN3O3/c1-27-18-6-7-22-17(18)9-14-19-13(3-2-11-8-12(25)10-23-11)15(21)4-5-16(19)24-20(14)26/h4-7,9,11-12,22-23,25H,8,10H2,1H3,(H,24,26)/t11-,12-/m1/s1. The molecule has 0 bridgehead atoms. The van der Waals surface area contributed by atoms with E-state index in [1.54, 1.807) is 18.3 Å². The maximum absolute atomic E-state index is 14.5. The van der Waals surface area contributed by atoms with Crippen LogP contribution < -0.4 is 15.4 Å². The molecule has 3 heterocycles. The molecule has 27 heavy (non-hydrogen) atoms. The van der Waals surface area contributed by atoms with Crippen LogP contribution in [-0.4, -0.2) is 41.8 Å². The summed E-state index contributed by atoms with van der Waals surface area (Å²) < 4.78 is 19.8. The number of fused-ring (bicyclic) bond motifs is 1. The molecule has 4 rings (SSSR count). The van der Waals surface area contributed by atoms with Crippen molar-refractivity contribution in [1.82, 2.24) is 10.3 Å². The molecule has 0 saturated carbocycles. The quantitative estimate of drug-likeness (QED) is 0.481. The Labute approximate surface area is 155 Å². The Bertz CT molecular complexity index is 1000. The highest BCUT2D eigenvalue weighted by Crippen LogP contribution is 2.37. The number of amides is 1. The first-order valence-corrected chi connectivity index (χ1v) is 8.57. The van der Waals surface area contributed by atoms with E-state index in [0.29, 0.717) is 41.2 Å². The number of aliphatic hydroxyl groups is 1. The number of hydrogen-bond acceptors (Lipinski definition) is 4. The maximum atomic E-state index is 14.5. The Morgan fingerprint density at radius 2 is 2.22 bits per heavy atom. The minimum Gasteiger partial charge on any atom is -0.495 e. The van der Waals surface area contributed by atoms with Crippen LogP contribution >= 0.6 is 0 Å². The molecule has 0 radical (unpaired) electrons. The van der Waals surface area contributed by atoms with Gasteiger partial charge in [0, 0.05) is 24.7 Å². The third kappa shape index (κ3) is 3.21. The van der Waals surface area contributed by atoms with E-state index in [9.17, 15) is 14.3 Å². The number of β-amino-alcohol motifs (C(OH)–C–C–N with tert-alkyl or cyclic N) is 1. The molecule has 1 amide bonds. The van der Waals surface area contributed by atoms with Gasteiger partial charge in [-0.1, -0.05) is 11.8 Å². The van der Waals surface area contributed by atoms with Crippen molar-refractivity contribution in [3.8, 4) is 17.6 Å². The number of ether oxygens (including phenoxy) is 1. The summed E-state index contributed by atoms with van der Waals surface area (Å²) in [5.74, 6) is 5.57. The number of methoxy groups -OCH3 is 1. The molecule has 0 unspecified atom stereocenters. The van der Waals surface area contributed by atoms with Gasteiger partial charge >= 0.3 is 0 Å². The normalized spacial score (nSPS) is 22.3. The highest BCUT2D eigenvalue weighted by atomic mass is 19.1. The molecule has 0 spiro atoms. The largest absolute Gasteiger partial charge is 0.495 e. The Morgan fingerprint density at radius 1 is 1.37 bits per heavy atom. The van der Waals surface area contributed by atoms with Crippen LogP contribution in [0, 0.1) is 17.7 Å². The Kier molecular flexibility index (Phi) is 4.44. The lowest BCUT2D eigenvalue weighted by Gasteiger charge is -2.05. The summed E-state index contributed by atoms with van der Waals surface area (Å²) in [6.07, 6.45) is 3.36. The van der Waals surface area contributed by atoms with Crippen LogP contribution in [0.25, 0.3) is 11.6 Å². The first kappa shape index (κ1) is 17.3. The lowest BCUT2D eigenvalue weighted by atomic mass is 9.98. The van der Waals surface area contributed by atoms with Gasteiger partial charge in [-0.3, -0.25) is 4.79 Å². The second-order valence-corrected chi connectivity index (χ2v) is 6.44. The lowest BCUT2D eigenvalue weighted by molar-refractivity contribution is -0.110. The van der Waals surface area contributed by atoms with Crippen LogP contribution in [-0.2, 0) is 4.79 Å². The molecule has 2 aromatic rings. The number of aliphatic hydroxyl groups excluding tert-OH is 1. The van der Waals surface area contributed by atoms with E-state index < -0.39 is 11.9 Å². The fourth-order valence-electron chi connectivity index (χ4n) is 3.31. The number of H-pyrrole nitrogens is 1. The van der Waals surface area contributed by atoms with Crippen molar-refractivity contribution in [3.63, 3.8) is 0 Å². The summed E-state index contributed by atoms with van der Waals surface area (Å²) in [7, 11) is 1.54. The van der Waals surface area contributed by atoms with Crippen molar-refractivity contribution in [2.75, 3.05) is 19.0 Å². The molecular formula is C20H18FN3O3. The van der Waals surface area contributed by atoms with Crippen LogP contribution in [0.5, 0.6) is 5.75 Å². The molecule has 2 atom stereocenters. The summed E-state index contributed by atoms with van der Waals surface area (Å²) >= 11 is 0. The van der Waals surface area contributed by atoms with Gasteiger partial charge in [0.25, 0.3) is 5.91 Å². The fourth-order valence-corrected chi connectivity index (χ4v) is 3.31. The number of benzene rings is 1. The number of aromatic nitrogens is 1. The van der Waals surface area contributed by atoms with E-state index in [0.717, 1.165) is 0 Å². The topological polar surface area (TPSA) is 86.4 Å². The van der Waals surface area contributed by atoms with Crippen LogP contribution in [0.3, 0.4) is 0 Å². The zero-order valence-corrected chi connectivity index (χ0v) is 14.6. The van der Waals surface area contributed by atoms with E-state index in [1.165, 1.54) is 19.2 Å². The van der Waals surface area contributed by atoms with Crippen molar-refractivity contribution in [3.05, 3.63) is 47.0 Å². The van der Waals surface area contributed by atoms with Crippen molar-refractivity contribution in [2.24, 2.45) is 0 Å². The number of aromatic amines is 1. The van der Waals surface area contributed by atoms with E-state index in [4.69, 9.17) is 4.74 Å². The Morgan fingerprint density at radius 3 is 2.96 bits per heavy atom. The zero-order valence-electron chi connectivity index (χ0n) is 14.6. The third-order valence-corrected chi connectivity index (χ3v) is 4.64. The fraction of sp³-hybridized carbons (Fsp3) is 0.250. The van der Waals surface area contributed by atoms with Crippen molar-refractivity contribution in [2.45, 2.75) is 18.6 Å². The number of anilines is 1. The predicted octanol–water partition coefficient (Wildman–Crippen LogP) is 1.73. The second kappa shape index (κ2) is 6.91. The Hall–Kier alpha value is -3.08. The second-order valence-electron chi connectivity index (χ2n) is 6.44. The van der Waals surface area contributed by atoms with E-state index in [1.807, 2.05) is 0 Å². The van der Waals surface area contributed by atoms with Gasteiger partial charge < -0.3 is 25.5 Å². The van der Waals surface area contributed by atoms with Crippen LogP contribution in [0.15, 0.2) is 24.4 Å². The first-order valence-electron chi connectivity index (χ1n) is 8.57. The van der Waals surface area contributed by atoms with Gasteiger partial charge in [0.15, 0.2) is 0 Å². The molecule has 1 aromatic heterocycles. The molecule has 6 nitrogen and oxygen atoms in total. The maximum Gasteiger partial charge on any atom is 0.256 e. The van der Waals surface area contributed by atoms with Crippen molar-refractivity contribution < 1.29 is 19.0 Å². The minimum atomic E-state index is -0.499. The number of rotatable bonds is 2. The minimum absolute atomic E-state index is 0.158. The number of halogens is 1. The molecule has 138 valence electrons. The molecule has 7 heteroatoms. The molecule has 1 saturated heterocycles. The van der Waals surface area contributed by atoms with Gasteiger partial charge in [-0.05, 0) is 24.3 Å². The molecule has 2 aliphatic rings. The first-order chi connectivity index (χ1) is 13.1. The van der Waals surface area contributed by atoms with E-state index >= 15 is 0 Å². The van der Waals surface area contributed by atoms with Gasteiger partial charge in [0.1, 0.15) is 11.6 Å². The highest BCUT2D eigenvalue weighted by Gasteiger charge is 2.29. The van der Waals surface area contributed by atoms with Gasteiger partial charge in [0.05, 0.1) is 41.8 Å². The molecule has 4 N–H and O–H groups in total. The third-order valence-electron chi connectivity index (χ3n) is 4.64. The van der Waals surface area contributed by atoms with E-state index in [2.05, 4.69) is 27.5 Å². The SMILES string of the molecule is COc1cc[nH]c1C=C1C(=O)Nc2ccc(F)c(C#C[C@@H]3C[C@@H](O)CN3)c21. The smallest absolute Gasteiger partial charge is 0.256 e. The highest BCUT2D eigenvalue weighted by molar-refractivity contribution is 6.35. The van der Waals surface area contributed by atoms with Gasteiger partial charge in [0.2, 0.25) is 0 Å². The van der Waals surface area contributed by atoms with E-state index in [-0.39, 0.29) is 17.5 Å². The van der Waals surface area contributed by atoms with Crippen LogP contribution in [0.2, 0.25) is 0 Å². The summed E-state index contributed by atoms with van der Waals surface area (Å²) in [5.41, 5.74) is 2.03. The summed E-state index contributed by atoms with van der Waals surface area (Å²) in [5, 5.41) is 15.4. The monoisotopic (exact) mass is 367 g/mol. The van der Waals surface area contributed by atoms with Crippen LogP contribution in [0.1, 0.15) is 23.2 Å². The summed E-state index contributed by atoms with van der Waals surface area (Å²) in [4.78, 5) is 15.5. The molecule has 1 aromatic carbocycles. The zero-order chi connectivity index (χ0) is 19.0. The predicted molar refractivity (Wildman–Crippen MR) is 99.5 cm³/mol. The average Bonchev–Trinajstić information content (AvgIpc) is 3.35. The number of carbonyl (C=O) groups is 1. The molecule has 1 fully saturated rings. The number of carbonyl (C=O) groups excluding carboxylic acids is 1. The summed E-state index contributed by atoms with van der Waals surface area (Å²) in [6, 6.07) is 4.34. The molecular weight excluding hydrogens is 349 g/mol. The van der Waals surface area contributed by atoms with Gasteiger partial charge in [-0.2, -0.15) is 0 Å². The lowest BCUT2D eigenvalue weighted by Crippen LogP contribution is -2.19. The van der Waals surface area contributed by atoms with Gasteiger partial charge in [-0.25, -0.2) is 4.39 Å². The van der Waals surface area contributed by atoms with Crippen molar-refractivity contribution in [1.29, 1.82) is 0 Å². The number of hydrogen-bond donors (Lipinski definition) is 4. The molecule has 2 aliphatic heterocycles. The summed E-state index contributed by atoms with van der Waals surface area (Å²) in [6.45, 7) is 0.465. The van der Waals surface area contributed by atoms with Crippen LogP contribution in [0.4, 0.5) is 10.1 Å². The molecule has 0 aliphatic carbocycles.